The third-order valence-electron chi connectivity index (χ3n) is 2.69. The fourth-order valence-corrected chi connectivity index (χ4v) is 2.77. The highest BCUT2D eigenvalue weighted by atomic mass is 32.1. The molecule has 0 unspecified atom stereocenters. The van der Waals surface area contributed by atoms with Crippen molar-refractivity contribution in [3.8, 4) is 5.75 Å². The average molecular weight is 275 g/mol. The molecule has 0 amide bonds. The number of nitrogens with one attached hydrogen (secondary N) is 1. The Labute approximate surface area is 119 Å². The number of aryl methyl sites for hydroxylation is 1. The Bertz CT molecular complexity index is 519. The molecular weight excluding hydrogens is 254 g/mol. The Kier molecular flexibility index (Phi) is 5.00. The van der Waals surface area contributed by atoms with Crippen LogP contribution >= 0.6 is 11.3 Å². The Balaban J connectivity index is 1.85. The van der Waals surface area contributed by atoms with Crippen molar-refractivity contribution in [2.75, 3.05) is 0 Å². The number of thiophene rings is 1. The van der Waals surface area contributed by atoms with Gasteiger partial charge in [0.2, 0.25) is 0 Å². The molecule has 0 spiro atoms. The lowest BCUT2D eigenvalue weighted by molar-refractivity contribution is 0.242. The Morgan fingerprint density at radius 1 is 1.16 bits per heavy atom. The van der Waals surface area contributed by atoms with E-state index >= 15 is 0 Å². The van der Waals surface area contributed by atoms with Crippen molar-refractivity contribution in [1.82, 2.24) is 5.32 Å². The van der Waals surface area contributed by atoms with Crippen LogP contribution in [0.25, 0.3) is 0 Å². The molecule has 0 aliphatic carbocycles. The van der Waals surface area contributed by atoms with Crippen molar-refractivity contribution in [3.63, 3.8) is 0 Å². The molecule has 0 aliphatic heterocycles. The average Bonchev–Trinajstić information content (AvgIpc) is 2.75. The molecule has 3 heteroatoms. The van der Waals surface area contributed by atoms with Crippen LogP contribution in [0.4, 0.5) is 0 Å². The second-order valence-corrected chi connectivity index (χ2v) is 6.30. The van der Waals surface area contributed by atoms with E-state index in [0.717, 1.165) is 18.8 Å². The molecule has 0 aliphatic rings. The summed E-state index contributed by atoms with van der Waals surface area (Å²) < 4.78 is 5.70. The maximum atomic E-state index is 5.70. The van der Waals surface area contributed by atoms with Gasteiger partial charge in [0, 0.05) is 22.8 Å². The SMILES string of the molecule is Cc1ccc(CNCc2cccc(OC(C)C)c2)s1. The quantitative estimate of drug-likeness (QED) is 0.855. The van der Waals surface area contributed by atoms with Gasteiger partial charge in [-0.25, -0.2) is 0 Å². The first-order valence-electron chi connectivity index (χ1n) is 6.65. The predicted molar refractivity (Wildman–Crippen MR) is 81.8 cm³/mol. The summed E-state index contributed by atoms with van der Waals surface area (Å²) in [5.74, 6) is 0.946. The first-order valence-corrected chi connectivity index (χ1v) is 7.47. The third-order valence-corrected chi connectivity index (χ3v) is 3.70. The number of rotatable bonds is 6. The van der Waals surface area contributed by atoms with E-state index in [1.807, 2.05) is 37.3 Å². The number of hydrogen-bond donors (Lipinski definition) is 1. The third kappa shape index (κ3) is 4.69. The minimum atomic E-state index is 0.220. The monoisotopic (exact) mass is 275 g/mol. The van der Waals surface area contributed by atoms with Gasteiger partial charge in [-0.2, -0.15) is 0 Å². The minimum Gasteiger partial charge on any atom is -0.491 e. The van der Waals surface area contributed by atoms with E-state index in [1.54, 1.807) is 0 Å². The molecule has 2 aromatic rings. The van der Waals surface area contributed by atoms with Crippen molar-refractivity contribution in [2.45, 2.75) is 40.0 Å². The van der Waals surface area contributed by atoms with Crippen molar-refractivity contribution in [2.24, 2.45) is 0 Å². The standard InChI is InChI=1S/C16H21NOS/c1-12(2)18-15-6-4-5-14(9-15)10-17-11-16-8-7-13(3)19-16/h4-9,12,17H,10-11H2,1-3H3. The summed E-state index contributed by atoms with van der Waals surface area (Å²) in [5, 5.41) is 3.47. The number of ether oxygens (including phenoxy) is 1. The molecule has 1 aromatic heterocycles. The van der Waals surface area contributed by atoms with Gasteiger partial charge in [0.05, 0.1) is 6.10 Å². The number of hydrogen-bond acceptors (Lipinski definition) is 3. The Morgan fingerprint density at radius 3 is 2.68 bits per heavy atom. The highest BCUT2D eigenvalue weighted by Gasteiger charge is 2.00. The van der Waals surface area contributed by atoms with Gasteiger partial charge < -0.3 is 10.1 Å². The normalized spacial score (nSPS) is 10.9. The van der Waals surface area contributed by atoms with Gasteiger partial charge in [-0.1, -0.05) is 12.1 Å². The highest BCUT2D eigenvalue weighted by molar-refractivity contribution is 7.11. The summed E-state index contributed by atoms with van der Waals surface area (Å²) >= 11 is 1.85. The van der Waals surface area contributed by atoms with Crippen LogP contribution in [0, 0.1) is 6.92 Å². The maximum Gasteiger partial charge on any atom is 0.120 e. The first-order chi connectivity index (χ1) is 9.13. The van der Waals surface area contributed by atoms with Crippen molar-refractivity contribution < 1.29 is 4.74 Å². The van der Waals surface area contributed by atoms with Crippen LogP contribution < -0.4 is 10.1 Å². The van der Waals surface area contributed by atoms with Gasteiger partial charge in [0.15, 0.2) is 0 Å². The van der Waals surface area contributed by atoms with Crippen LogP contribution in [0.5, 0.6) is 5.75 Å². The summed E-state index contributed by atoms with van der Waals surface area (Å²) in [5.41, 5.74) is 1.26. The highest BCUT2D eigenvalue weighted by Crippen LogP contribution is 2.16. The molecule has 2 nitrogen and oxygen atoms in total. The molecule has 1 N–H and O–H groups in total. The maximum absolute atomic E-state index is 5.70. The molecule has 1 aromatic carbocycles. The van der Waals surface area contributed by atoms with Crippen LogP contribution in [0.3, 0.4) is 0 Å². The van der Waals surface area contributed by atoms with Crippen molar-refractivity contribution in [3.05, 3.63) is 51.7 Å². The zero-order valence-electron chi connectivity index (χ0n) is 11.8. The molecule has 0 bridgehead atoms. The van der Waals surface area contributed by atoms with Gasteiger partial charge in [-0.3, -0.25) is 0 Å². The van der Waals surface area contributed by atoms with Gasteiger partial charge in [-0.05, 0) is 50.6 Å². The zero-order valence-corrected chi connectivity index (χ0v) is 12.6. The van der Waals surface area contributed by atoms with E-state index < -0.39 is 0 Å². The Hall–Kier alpha value is -1.32. The predicted octanol–water partition coefficient (Wildman–Crippen LogP) is 4.13. The van der Waals surface area contributed by atoms with Gasteiger partial charge >= 0.3 is 0 Å². The van der Waals surface area contributed by atoms with E-state index in [9.17, 15) is 0 Å². The van der Waals surface area contributed by atoms with Gasteiger partial charge in [0.25, 0.3) is 0 Å². The van der Waals surface area contributed by atoms with Crippen LogP contribution in [0.1, 0.15) is 29.2 Å². The molecule has 0 fully saturated rings. The molecule has 2 rings (SSSR count). The zero-order chi connectivity index (χ0) is 13.7. The van der Waals surface area contributed by atoms with Crippen molar-refractivity contribution in [1.29, 1.82) is 0 Å². The lowest BCUT2D eigenvalue weighted by Gasteiger charge is -2.11. The smallest absolute Gasteiger partial charge is 0.120 e. The minimum absolute atomic E-state index is 0.220. The van der Waals surface area contributed by atoms with E-state index in [0.29, 0.717) is 0 Å². The molecule has 19 heavy (non-hydrogen) atoms. The van der Waals surface area contributed by atoms with Crippen LogP contribution in [0.15, 0.2) is 36.4 Å². The van der Waals surface area contributed by atoms with Crippen molar-refractivity contribution >= 4 is 11.3 Å². The molecule has 0 saturated carbocycles. The molecule has 0 radical (unpaired) electrons. The summed E-state index contributed by atoms with van der Waals surface area (Å²) in [6.07, 6.45) is 0.220. The van der Waals surface area contributed by atoms with E-state index in [1.165, 1.54) is 15.3 Å². The topological polar surface area (TPSA) is 21.3 Å². The first kappa shape index (κ1) is 14.1. The van der Waals surface area contributed by atoms with E-state index in [2.05, 4.69) is 36.5 Å². The summed E-state index contributed by atoms with van der Waals surface area (Å²) in [6, 6.07) is 12.6. The van der Waals surface area contributed by atoms with E-state index in [-0.39, 0.29) is 6.10 Å². The molecule has 0 atom stereocenters. The van der Waals surface area contributed by atoms with Crippen LogP contribution in [-0.4, -0.2) is 6.10 Å². The van der Waals surface area contributed by atoms with Crippen LogP contribution in [-0.2, 0) is 13.1 Å². The summed E-state index contributed by atoms with van der Waals surface area (Å²) in [7, 11) is 0. The molecule has 1 heterocycles. The Morgan fingerprint density at radius 2 is 2.00 bits per heavy atom. The fourth-order valence-electron chi connectivity index (χ4n) is 1.91. The lowest BCUT2D eigenvalue weighted by Crippen LogP contribution is -2.12. The second-order valence-electron chi connectivity index (χ2n) is 4.93. The molecular formula is C16H21NOS. The number of benzene rings is 1. The second kappa shape index (κ2) is 6.73. The van der Waals surface area contributed by atoms with Gasteiger partial charge in [-0.15, -0.1) is 11.3 Å². The van der Waals surface area contributed by atoms with E-state index in [4.69, 9.17) is 4.74 Å². The van der Waals surface area contributed by atoms with Gasteiger partial charge in [0.1, 0.15) is 5.75 Å². The lowest BCUT2D eigenvalue weighted by atomic mass is 10.2. The molecule has 0 saturated heterocycles. The summed E-state index contributed by atoms with van der Waals surface area (Å²) in [4.78, 5) is 2.75. The summed E-state index contributed by atoms with van der Waals surface area (Å²) in [6.45, 7) is 8.02. The van der Waals surface area contributed by atoms with Crippen LogP contribution in [0.2, 0.25) is 0 Å². The fraction of sp³-hybridized carbons (Fsp3) is 0.375. The largest absolute Gasteiger partial charge is 0.491 e. The molecule has 102 valence electrons.